The van der Waals surface area contributed by atoms with Crippen LogP contribution in [0.3, 0.4) is 0 Å². The summed E-state index contributed by atoms with van der Waals surface area (Å²) in [7, 11) is 0. The second-order valence-corrected chi connectivity index (χ2v) is 4.98. The number of aromatic amines is 1. The van der Waals surface area contributed by atoms with Crippen LogP contribution in [0.5, 0.6) is 0 Å². The second kappa shape index (κ2) is 4.44. The molecule has 3 rings (SSSR count). The van der Waals surface area contributed by atoms with Crippen molar-refractivity contribution in [2.75, 3.05) is 17.2 Å². The molecule has 2 aromatic heterocycles. The lowest BCUT2D eigenvalue weighted by molar-refractivity contribution is 0.309. The van der Waals surface area contributed by atoms with Gasteiger partial charge in [0.05, 0.1) is 11.6 Å². The molecule has 0 amide bonds. The smallest absolute Gasteiger partial charge is 0.226 e. The first-order chi connectivity index (χ1) is 8.76. The van der Waals surface area contributed by atoms with Crippen molar-refractivity contribution >= 4 is 22.8 Å². The highest BCUT2D eigenvalue weighted by molar-refractivity contribution is 5.87. The molecule has 0 bridgehead atoms. The highest BCUT2D eigenvalue weighted by atomic mass is 15.2. The lowest BCUT2D eigenvalue weighted by atomic mass is 9.82. The molecular formula is C12H18N6. The Morgan fingerprint density at radius 1 is 1.39 bits per heavy atom. The van der Waals surface area contributed by atoms with E-state index in [2.05, 4.69) is 37.7 Å². The van der Waals surface area contributed by atoms with Gasteiger partial charge in [-0.2, -0.15) is 15.1 Å². The van der Waals surface area contributed by atoms with E-state index in [0.29, 0.717) is 12.0 Å². The summed E-state index contributed by atoms with van der Waals surface area (Å²) >= 11 is 0. The standard InChI is InChI=1S/C12H18N6/c1-3-13-12-16-10(15-8-4-7(2)5-8)9-6-14-18-11(9)17-12/h6-8H,3-5H2,1-2H3,(H3,13,14,15,16,17,18). The van der Waals surface area contributed by atoms with Crippen LogP contribution < -0.4 is 10.6 Å². The molecule has 1 saturated carbocycles. The number of nitrogens with zero attached hydrogens (tertiary/aromatic N) is 3. The Morgan fingerprint density at radius 3 is 2.94 bits per heavy atom. The van der Waals surface area contributed by atoms with Gasteiger partial charge in [-0.05, 0) is 25.7 Å². The monoisotopic (exact) mass is 246 g/mol. The number of H-pyrrole nitrogens is 1. The first-order valence-electron chi connectivity index (χ1n) is 6.47. The fourth-order valence-corrected chi connectivity index (χ4v) is 2.40. The molecule has 2 heterocycles. The topological polar surface area (TPSA) is 78.5 Å². The zero-order valence-corrected chi connectivity index (χ0v) is 10.7. The van der Waals surface area contributed by atoms with Crippen LogP contribution in [0.4, 0.5) is 11.8 Å². The SMILES string of the molecule is CCNc1nc(NC2CC(C)C2)c2cn[nH]c2n1. The van der Waals surface area contributed by atoms with Gasteiger partial charge in [-0.3, -0.25) is 5.10 Å². The van der Waals surface area contributed by atoms with Gasteiger partial charge in [0.2, 0.25) is 5.95 Å². The lowest BCUT2D eigenvalue weighted by Crippen LogP contribution is -2.34. The first kappa shape index (κ1) is 11.3. The number of hydrogen-bond acceptors (Lipinski definition) is 5. The van der Waals surface area contributed by atoms with Crippen LogP contribution in [0.2, 0.25) is 0 Å². The van der Waals surface area contributed by atoms with E-state index in [0.717, 1.165) is 29.3 Å². The van der Waals surface area contributed by atoms with Gasteiger partial charge in [0.15, 0.2) is 5.65 Å². The van der Waals surface area contributed by atoms with Crippen molar-refractivity contribution in [2.24, 2.45) is 5.92 Å². The average Bonchev–Trinajstić information content (AvgIpc) is 2.75. The summed E-state index contributed by atoms with van der Waals surface area (Å²) < 4.78 is 0. The van der Waals surface area contributed by atoms with E-state index < -0.39 is 0 Å². The predicted molar refractivity (Wildman–Crippen MR) is 71.7 cm³/mol. The van der Waals surface area contributed by atoms with Crippen LogP contribution in [0.25, 0.3) is 11.0 Å². The molecule has 18 heavy (non-hydrogen) atoms. The van der Waals surface area contributed by atoms with Crippen LogP contribution in [0.1, 0.15) is 26.7 Å². The van der Waals surface area contributed by atoms with E-state index >= 15 is 0 Å². The van der Waals surface area contributed by atoms with Crippen molar-refractivity contribution in [1.29, 1.82) is 0 Å². The maximum absolute atomic E-state index is 4.52. The van der Waals surface area contributed by atoms with Gasteiger partial charge in [0.25, 0.3) is 0 Å². The molecule has 0 aliphatic heterocycles. The second-order valence-electron chi connectivity index (χ2n) is 4.98. The molecule has 1 aliphatic carbocycles. The number of anilines is 2. The zero-order chi connectivity index (χ0) is 12.5. The summed E-state index contributed by atoms with van der Waals surface area (Å²) in [6.45, 7) is 5.11. The van der Waals surface area contributed by atoms with E-state index in [1.54, 1.807) is 6.20 Å². The van der Waals surface area contributed by atoms with Crippen LogP contribution in [0.15, 0.2) is 6.20 Å². The summed E-state index contributed by atoms with van der Waals surface area (Å²) in [6.07, 6.45) is 4.19. The van der Waals surface area contributed by atoms with Gasteiger partial charge in [-0.15, -0.1) is 0 Å². The van der Waals surface area contributed by atoms with E-state index in [1.807, 2.05) is 6.92 Å². The Balaban J connectivity index is 1.90. The largest absolute Gasteiger partial charge is 0.367 e. The molecule has 3 N–H and O–H groups in total. The maximum atomic E-state index is 4.52. The molecule has 6 heteroatoms. The molecule has 0 spiro atoms. The minimum atomic E-state index is 0.530. The summed E-state index contributed by atoms with van der Waals surface area (Å²) in [5.41, 5.74) is 0.774. The van der Waals surface area contributed by atoms with Gasteiger partial charge in [-0.1, -0.05) is 6.92 Å². The number of rotatable bonds is 4. The Hall–Kier alpha value is -1.85. The number of hydrogen-bond donors (Lipinski definition) is 3. The average molecular weight is 246 g/mol. The van der Waals surface area contributed by atoms with E-state index in [1.165, 1.54) is 12.8 Å². The van der Waals surface area contributed by atoms with Crippen molar-refractivity contribution in [3.63, 3.8) is 0 Å². The Labute approximate surface area is 106 Å². The van der Waals surface area contributed by atoms with Crippen LogP contribution >= 0.6 is 0 Å². The number of aromatic nitrogens is 4. The van der Waals surface area contributed by atoms with E-state index in [4.69, 9.17) is 0 Å². The third kappa shape index (κ3) is 1.98. The van der Waals surface area contributed by atoms with Gasteiger partial charge in [0, 0.05) is 12.6 Å². The normalized spacial score (nSPS) is 22.8. The van der Waals surface area contributed by atoms with E-state index in [9.17, 15) is 0 Å². The van der Waals surface area contributed by atoms with Crippen molar-refractivity contribution in [2.45, 2.75) is 32.7 Å². The summed E-state index contributed by atoms with van der Waals surface area (Å²) in [5.74, 6) is 2.34. The Bertz CT molecular complexity index is 542. The fourth-order valence-electron chi connectivity index (χ4n) is 2.40. The minimum Gasteiger partial charge on any atom is -0.367 e. The summed E-state index contributed by atoms with van der Waals surface area (Å²) in [4.78, 5) is 8.89. The molecule has 6 nitrogen and oxygen atoms in total. The first-order valence-corrected chi connectivity index (χ1v) is 6.47. The van der Waals surface area contributed by atoms with Crippen molar-refractivity contribution in [3.05, 3.63) is 6.20 Å². The summed E-state index contributed by atoms with van der Waals surface area (Å²) in [5, 5.41) is 14.5. The van der Waals surface area contributed by atoms with Crippen molar-refractivity contribution in [1.82, 2.24) is 20.2 Å². The molecule has 0 radical (unpaired) electrons. The molecule has 0 saturated heterocycles. The highest BCUT2D eigenvalue weighted by Crippen LogP contribution is 2.31. The lowest BCUT2D eigenvalue weighted by Gasteiger charge is -2.33. The third-order valence-electron chi connectivity index (χ3n) is 3.36. The molecule has 0 aromatic carbocycles. The van der Waals surface area contributed by atoms with Gasteiger partial charge in [-0.25, -0.2) is 0 Å². The third-order valence-corrected chi connectivity index (χ3v) is 3.36. The van der Waals surface area contributed by atoms with Gasteiger partial charge < -0.3 is 10.6 Å². The van der Waals surface area contributed by atoms with Crippen molar-refractivity contribution < 1.29 is 0 Å². The number of nitrogens with one attached hydrogen (secondary N) is 3. The van der Waals surface area contributed by atoms with Gasteiger partial charge >= 0.3 is 0 Å². The molecule has 0 atom stereocenters. The summed E-state index contributed by atoms with van der Waals surface area (Å²) in [6, 6.07) is 0.530. The molecule has 96 valence electrons. The van der Waals surface area contributed by atoms with Crippen LogP contribution in [-0.4, -0.2) is 32.8 Å². The fraction of sp³-hybridized carbons (Fsp3) is 0.583. The highest BCUT2D eigenvalue weighted by Gasteiger charge is 2.26. The Morgan fingerprint density at radius 2 is 2.22 bits per heavy atom. The quantitative estimate of drug-likeness (QED) is 0.769. The minimum absolute atomic E-state index is 0.530. The van der Waals surface area contributed by atoms with Crippen molar-refractivity contribution in [3.8, 4) is 0 Å². The number of fused-ring (bicyclic) bond motifs is 1. The maximum Gasteiger partial charge on any atom is 0.226 e. The molecule has 1 fully saturated rings. The molecular weight excluding hydrogens is 228 g/mol. The van der Waals surface area contributed by atoms with Crippen LogP contribution in [0, 0.1) is 5.92 Å². The van der Waals surface area contributed by atoms with Gasteiger partial charge in [0.1, 0.15) is 5.82 Å². The molecule has 1 aliphatic rings. The Kier molecular flexibility index (Phi) is 2.77. The molecule has 0 unspecified atom stereocenters. The zero-order valence-electron chi connectivity index (χ0n) is 10.7. The van der Waals surface area contributed by atoms with E-state index in [-0.39, 0.29) is 0 Å². The molecule has 2 aromatic rings. The van der Waals surface area contributed by atoms with Crippen LogP contribution in [-0.2, 0) is 0 Å². The predicted octanol–water partition coefficient (Wildman–Crippen LogP) is 2.00.